The van der Waals surface area contributed by atoms with E-state index in [1.54, 1.807) is 36.4 Å². The second kappa shape index (κ2) is 13.1. The van der Waals surface area contributed by atoms with Crippen LogP contribution in [-0.4, -0.2) is 64.8 Å². The highest BCUT2D eigenvalue weighted by molar-refractivity contribution is 7.92. The second-order valence-corrected chi connectivity index (χ2v) is 10.5. The fourth-order valence-corrected chi connectivity index (χ4v) is 4.19. The number of para-hydroxylation sites is 2. The summed E-state index contributed by atoms with van der Waals surface area (Å²) in [6, 6.07) is 10.2. The van der Waals surface area contributed by atoms with Gasteiger partial charge in [-0.25, -0.2) is 13.4 Å². The van der Waals surface area contributed by atoms with Crippen LogP contribution < -0.4 is 35.6 Å². The number of halogens is 1. The van der Waals surface area contributed by atoms with E-state index in [1.165, 1.54) is 19.4 Å². The number of sulfonamides is 1. The summed E-state index contributed by atoms with van der Waals surface area (Å²) in [6.45, 7) is 4.93. The van der Waals surface area contributed by atoms with E-state index < -0.39 is 10.0 Å². The molecule has 1 aromatic heterocycles. The fourth-order valence-electron chi connectivity index (χ4n) is 3.48. The largest absolute Gasteiger partial charge is 0.494 e. The summed E-state index contributed by atoms with van der Waals surface area (Å²) in [4.78, 5) is 22.9. The highest BCUT2D eigenvalue weighted by Crippen LogP contribution is 2.38. The summed E-state index contributed by atoms with van der Waals surface area (Å²) in [6.07, 6.45) is 3.65. The highest BCUT2D eigenvalue weighted by atomic mass is 35.5. The molecule has 14 heteroatoms. The monoisotopic (exact) mass is 574 g/mol. The van der Waals surface area contributed by atoms with E-state index >= 15 is 0 Å². The molecule has 39 heavy (non-hydrogen) atoms. The molecule has 0 saturated carbocycles. The molecule has 0 unspecified atom stereocenters. The summed E-state index contributed by atoms with van der Waals surface area (Å²) in [5.41, 5.74) is 2.50. The Kier molecular flexibility index (Phi) is 9.93. The number of hydrogen-bond acceptors (Lipinski definition) is 10. The van der Waals surface area contributed by atoms with Crippen LogP contribution in [0.2, 0.25) is 5.02 Å². The molecule has 1 amide bonds. The Bertz CT molecular complexity index is 1450. The van der Waals surface area contributed by atoms with Crippen molar-refractivity contribution in [3.63, 3.8) is 0 Å². The second-order valence-electron chi connectivity index (χ2n) is 8.35. The molecule has 2 aromatic carbocycles. The summed E-state index contributed by atoms with van der Waals surface area (Å²) < 4.78 is 31.6. The lowest BCUT2D eigenvalue weighted by Crippen LogP contribution is -2.28. The number of nitrogens with one attached hydrogen (secondary N) is 5. The summed E-state index contributed by atoms with van der Waals surface area (Å²) in [5.74, 6) is 0.518. The van der Waals surface area contributed by atoms with E-state index in [0.717, 1.165) is 18.5 Å². The zero-order valence-corrected chi connectivity index (χ0v) is 23.6. The summed E-state index contributed by atoms with van der Waals surface area (Å²) in [7, 11) is 1.78. The number of nitrogens with zero attached hydrogens (tertiary/aromatic N) is 3. The standard InChI is InChI=1S/C25H31ClN8O4S/c1-6-23(35)29-19-13-20(22(38-4)14-21(19)34(3)12-11-27-2)31-25-28-15-16(26)24(32-25)30-17-9-7-8-10-18(17)33-39(5,36)37/h6-10,13-15,27,33H,1,11-12H2,2-5H3,(H,29,35)(H2,28,30,31,32). The first-order valence-electron chi connectivity index (χ1n) is 11.7. The number of anilines is 7. The lowest BCUT2D eigenvalue weighted by atomic mass is 10.2. The SMILES string of the molecule is C=CC(=O)Nc1cc(Nc2ncc(Cl)c(Nc3ccccc3NS(C)(=O)=O)n2)c(OC)cc1N(C)CCNC. The molecule has 0 bridgehead atoms. The van der Waals surface area contributed by atoms with Gasteiger partial charge in [0.05, 0.1) is 48.0 Å². The highest BCUT2D eigenvalue weighted by Gasteiger charge is 2.17. The van der Waals surface area contributed by atoms with Gasteiger partial charge in [-0.2, -0.15) is 4.98 Å². The number of hydrogen-bond donors (Lipinski definition) is 5. The number of aromatic nitrogens is 2. The molecule has 0 aliphatic carbocycles. The minimum atomic E-state index is -3.51. The van der Waals surface area contributed by atoms with Gasteiger partial charge in [-0.3, -0.25) is 9.52 Å². The first kappa shape index (κ1) is 29.5. The van der Waals surface area contributed by atoms with E-state index in [2.05, 4.69) is 42.5 Å². The summed E-state index contributed by atoms with van der Waals surface area (Å²) in [5, 5.41) is 12.3. The Balaban J connectivity index is 1.97. The maximum atomic E-state index is 12.2. The molecule has 0 aliphatic heterocycles. The maximum Gasteiger partial charge on any atom is 0.247 e. The lowest BCUT2D eigenvalue weighted by Gasteiger charge is -2.24. The molecular formula is C25H31ClN8O4S. The third-order valence-electron chi connectivity index (χ3n) is 5.34. The number of methoxy groups -OCH3 is 1. The van der Waals surface area contributed by atoms with Crippen LogP contribution in [0.15, 0.2) is 55.3 Å². The van der Waals surface area contributed by atoms with Gasteiger partial charge in [0.1, 0.15) is 10.8 Å². The molecule has 3 aromatic rings. The van der Waals surface area contributed by atoms with Crippen LogP contribution >= 0.6 is 11.6 Å². The van der Waals surface area contributed by atoms with Crippen molar-refractivity contribution in [2.45, 2.75) is 0 Å². The van der Waals surface area contributed by atoms with Crippen molar-refractivity contribution < 1.29 is 17.9 Å². The van der Waals surface area contributed by atoms with Crippen molar-refractivity contribution in [3.8, 4) is 5.75 Å². The fraction of sp³-hybridized carbons (Fsp3) is 0.240. The van der Waals surface area contributed by atoms with Crippen molar-refractivity contribution in [2.75, 3.05) is 66.1 Å². The molecule has 0 radical (unpaired) electrons. The van der Waals surface area contributed by atoms with Crippen LogP contribution in [0.5, 0.6) is 5.75 Å². The molecule has 0 saturated heterocycles. The average molecular weight is 575 g/mol. The van der Waals surface area contributed by atoms with Crippen LogP contribution in [-0.2, 0) is 14.8 Å². The number of benzene rings is 2. The molecule has 0 aliphatic rings. The number of rotatable bonds is 13. The Morgan fingerprint density at radius 3 is 2.51 bits per heavy atom. The number of carbonyl (C=O) groups is 1. The van der Waals surface area contributed by atoms with Crippen molar-refractivity contribution in [2.24, 2.45) is 0 Å². The van der Waals surface area contributed by atoms with Gasteiger partial charge >= 0.3 is 0 Å². The molecule has 1 heterocycles. The molecule has 12 nitrogen and oxygen atoms in total. The minimum absolute atomic E-state index is 0.172. The van der Waals surface area contributed by atoms with Crippen LogP contribution in [0.25, 0.3) is 0 Å². The first-order chi connectivity index (χ1) is 18.5. The number of carbonyl (C=O) groups excluding carboxylic acids is 1. The average Bonchev–Trinajstić information content (AvgIpc) is 2.89. The van der Waals surface area contributed by atoms with Crippen LogP contribution in [0.3, 0.4) is 0 Å². The van der Waals surface area contributed by atoms with Gasteiger partial charge in [0.25, 0.3) is 0 Å². The Morgan fingerprint density at radius 2 is 1.87 bits per heavy atom. The van der Waals surface area contributed by atoms with Crippen LogP contribution in [0.1, 0.15) is 0 Å². The molecule has 0 spiro atoms. The maximum absolute atomic E-state index is 12.2. The Hall–Kier alpha value is -4.07. The van der Waals surface area contributed by atoms with E-state index in [1.807, 2.05) is 19.0 Å². The van der Waals surface area contributed by atoms with Crippen molar-refractivity contribution in [1.29, 1.82) is 0 Å². The van der Waals surface area contributed by atoms with Gasteiger partial charge in [0.2, 0.25) is 21.9 Å². The van der Waals surface area contributed by atoms with Gasteiger partial charge in [0.15, 0.2) is 5.82 Å². The minimum Gasteiger partial charge on any atom is -0.494 e. The molecule has 5 N–H and O–H groups in total. The van der Waals surface area contributed by atoms with Crippen molar-refractivity contribution in [1.82, 2.24) is 15.3 Å². The van der Waals surface area contributed by atoms with Gasteiger partial charge in [-0.15, -0.1) is 0 Å². The normalized spacial score (nSPS) is 10.9. The quantitative estimate of drug-likeness (QED) is 0.191. The third kappa shape index (κ3) is 8.21. The predicted molar refractivity (Wildman–Crippen MR) is 158 cm³/mol. The van der Waals surface area contributed by atoms with Crippen molar-refractivity contribution in [3.05, 3.63) is 60.3 Å². The number of ether oxygens (including phenoxy) is 1. The van der Waals surface area contributed by atoms with E-state index in [9.17, 15) is 13.2 Å². The molecule has 0 atom stereocenters. The molecular weight excluding hydrogens is 544 g/mol. The van der Waals surface area contributed by atoms with E-state index in [0.29, 0.717) is 35.0 Å². The zero-order chi connectivity index (χ0) is 28.6. The van der Waals surface area contributed by atoms with Crippen molar-refractivity contribution >= 4 is 67.7 Å². The zero-order valence-electron chi connectivity index (χ0n) is 22.0. The smallest absolute Gasteiger partial charge is 0.247 e. The third-order valence-corrected chi connectivity index (χ3v) is 6.20. The van der Waals surface area contributed by atoms with Gasteiger partial charge in [0, 0.05) is 26.2 Å². The lowest BCUT2D eigenvalue weighted by molar-refractivity contribution is -0.111. The number of amides is 1. The first-order valence-corrected chi connectivity index (χ1v) is 14.0. The van der Waals surface area contributed by atoms with Crippen LogP contribution in [0.4, 0.5) is 40.2 Å². The number of likely N-dealkylation sites (N-methyl/N-ethyl adjacent to an activating group) is 2. The molecule has 3 rings (SSSR count). The Labute approximate surface area is 232 Å². The van der Waals surface area contributed by atoms with E-state index in [-0.39, 0.29) is 22.7 Å². The van der Waals surface area contributed by atoms with Crippen LogP contribution in [0, 0.1) is 0 Å². The predicted octanol–water partition coefficient (Wildman–Crippen LogP) is 3.78. The summed E-state index contributed by atoms with van der Waals surface area (Å²) >= 11 is 6.34. The van der Waals surface area contributed by atoms with Gasteiger partial charge in [-0.05, 0) is 31.3 Å². The molecule has 208 valence electrons. The Morgan fingerprint density at radius 1 is 1.15 bits per heavy atom. The topological polar surface area (TPSA) is 150 Å². The van der Waals surface area contributed by atoms with Gasteiger partial charge in [-0.1, -0.05) is 30.3 Å². The van der Waals surface area contributed by atoms with Gasteiger partial charge < -0.3 is 30.9 Å². The molecule has 0 fully saturated rings. The van der Waals surface area contributed by atoms with E-state index in [4.69, 9.17) is 16.3 Å².